The van der Waals surface area contributed by atoms with Crippen molar-refractivity contribution in [3.05, 3.63) is 23.5 Å². The van der Waals surface area contributed by atoms with Gasteiger partial charge in [-0.1, -0.05) is 0 Å². The van der Waals surface area contributed by atoms with E-state index in [0.29, 0.717) is 6.54 Å². The first kappa shape index (κ1) is 15.8. The number of benzene rings is 1. The van der Waals surface area contributed by atoms with Crippen molar-refractivity contribution in [3.63, 3.8) is 0 Å². The number of halogens is 1. The van der Waals surface area contributed by atoms with Gasteiger partial charge in [0.05, 0.1) is 12.6 Å². The highest BCUT2D eigenvalue weighted by molar-refractivity contribution is 6.28. The van der Waals surface area contributed by atoms with Gasteiger partial charge in [-0.15, -0.1) is 0 Å². The van der Waals surface area contributed by atoms with Gasteiger partial charge in [-0.25, -0.2) is 4.98 Å². The van der Waals surface area contributed by atoms with E-state index in [1.54, 1.807) is 14.0 Å². The monoisotopic (exact) mass is 334 g/mol. The number of carbonyl (C=O) groups is 1. The molecular formula is C16H19ClN4O2. The summed E-state index contributed by atoms with van der Waals surface area (Å²) in [6, 6.07) is 5.77. The molecule has 1 amide bonds. The van der Waals surface area contributed by atoms with Crippen LogP contribution >= 0.6 is 11.6 Å². The maximum absolute atomic E-state index is 11.3. The van der Waals surface area contributed by atoms with Crippen molar-refractivity contribution in [1.82, 2.24) is 15.3 Å². The minimum Gasteiger partial charge on any atom is -0.497 e. The van der Waals surface area contributed by atoms with Crippen LogP contribution < -0.4 is 15.0 Å². The summed E-state index contributed by atoms with van der Waals surface area (Å²) in [6.45, 7) is 3.12. The lowest BCUT2D eigenvalue weighted by atomic mass is 10.0. The molecule has 1 saturated heterocycles. The number of amides is 1. The molecule has 3 rings (SSSR count). The van der Waals surface area contributed by atoms with Crippen LogP contribution in [0.25, 0.3) is 10.9 Å². The molecule has 1 aromatic carbocycles. The maximum atomic E-state index is 11.3. The number of hydrogen-bond donors (Lipinski definition) is 1. The number of rotatable bonds is 3. The van der Waals surface area contributed by atoms with E-state index >= 15 is 0 Å². The Bertz CT molecular complexity index is 737. The van der Waals surface area contributed by atoms with E-state index in [-0.39, 0.29) is 17.2 Å². The topological polar surface area (TPSA) is 67.4 Å². The molecule has 1 N–H and O–H groups in total. The zero-order valence-corrected chi connectivity index (χ0v) is 13.9. The molecular weight excluding hydrogens is 316 g/mol. The van der Waals surface area contributed by atoms with Crippen LogP contribution in [-0.2, 0) is 4.79 Å². The van der Waals surface area contributed by atoms with Crippen LogP contribution in [0.3, 0.4) is 0 Å². The lowest BCUT2D eigenvalue weighted by molar-refractivity contribution is -0.119. The Morgan fingerprint density at radius 3 is 3.00 bits per heavy atom. The van der Waals surface area contributed by atoms with Gasteiger partial charge < -0.3 is 15.0 Å². The lowest BCUT2D eigenvalue weighted by Crippen LogP contribution is -2.47. The summed E-state index contributed by atoms with van der Waals surface area (Å²) in [5.41, 5.74) is 0.780. The number of methoxy groups -OCH3 is 1. The number of piperidine rings is 1. The molecule has 0 saturated carbocycles. The minimum absolute atomic E-state index is 0.0101. The third-order valence-corrected chi connectivity index (χ3v) is 4.15. The summed E-state index contributed by atoms with van der Waals surface area (Å²) in [4.78, 5) is 22.2. The molecule has 7 heteroatoms. The van der Waals surface area contributed by atoms with Gasteiger partial charge in [0.1, 0.15) is 11.6 Å². The Balaban J connectivity index is 1.98. The van der Waals surface area contributed by atoms with Gasteiger partial charge in [0, 0.05) is 31.4 Å². The fourth-order valence-electron chi connectivity index (χ4n) is 3.01. The SMILES string of the molecule is COc1ccc2nc(Cl)nc(N3CCC[C@@H](NC(C)=O)C3)c2c1. The van der Waals surface area contributed by atoms with E-state index in [1.807, 2.05) is 18.2 Å². The molecule has 0 aliphatic carbocycles. The molecule has 6 nitrogen and oxygen atoms in total. The molecule has 1 aliphatic rings. The molecule has 0 bridgehead atoms. The Morgan fingerprint density at radius 1 is 1.43 bits per heavy atom. The van der Waals surface area contributed by atoms with Crippen molar-refractivity contribution in [2.45, 2.75) is 25.8 Å². The van der Waals surface area contributed by atoms with E-state index < -0.39 is 0 Å². The van der Waals surface area contributed by atoms with Crippen LogP contribution in [0.15, 0.2) is 18.2 Å². The van der Waals surface area contributed by atoms with Gasteiger partial charge in [0.25, 0.3) is 0 Å². The molecule has 2 heterocycles. The second-order valence-corrected chi connectivity index (χ2v) is 6.02. The maximum Gasteiger partial charge on any atom is 0.224 e. The zero-order chi connectivity index (χ0) is 16.4. The average molecular weight is 335 g/mol. The summed E-state index contributed by atoms with van der Waals surface area (Å²) in [5, 5.41) is 4.11. The summed E-state index contributed by atoms with van der Waals surface area (Å²) in [5.74, 6) is 1.53. The first-order chi connectivity index (χ1) is 11.1. The van der Waals surface area contributed by atoms with Crippen molar-refractivity contribution in [3.8, 4) is 5.75 Å². The van der Waals surface area contributed by atoms with Crippen molar-refractivity contribution in [2.75, 3.05) is 25.1 Å². The molecule has 23 heavy (non-hydrogen) atoms. The van der Waals surface area contributed by atoms with Crippen molar-refractivity contribution < 1.29 is 9.53 Å². The van der Waals surface area contributed by atoms with Crippen LogP contribution in [-0.4, -0.2) is 42.1 Å². The number of anilines is 1. The third-order valence-electron chi connectivity index (χ3n) is 3.98. The Labute approximate surface area is 139 Å². The normalized spacial score (nSPS) is 18.0. The van der Waals surface area contributed by atoms with Crippen molar-refractivity contribution in [2.24, 2.45) is 0 Å². The second kappa shape index (κ2) is 6.58. The number of aromatic nitrogens is 2. The van der Waals surface area contributed by atoms with Crippen LogP contribution in [0.5, 0.6) is 5.75 Å². The summed E-state index contributed by atoms with van der Waals surface area (Å²) in [6.07, 6.45) is 1.95. The molecule has 0 unspecified atom stereocenters. The lowest BCUT2D eigenvalue weighted by Gasteiger charge is -2.34. The van der Waals surface area contributed by atoms with Crippen LogP contribution in [0, 0.1) is 0 Å². The van der Waals surface area contributed by atoms with Gasteiger partial charge in [0.15, 0.2) is 0 Å². The zero-order valence-electron chi connectivity index (χ0n) is 13.2. The Kier molecular flexibility index (Phi) is 4.52. The van der Waals surface area contributed by atoms with E-state index in [0.717, 1.165) is 41.9 Å². The van der Waals surface area contributed by atoms with E-state index in [9.17, 15) is 4.79 Å². The van der Waals surface area contributed by atoms with Gasteiger partial charge >= 0.3 is 0 Å². The van der Waals surface area contributed by atoms with Crippen LogP contribution in [0.2, 0.25) is 5.28 Å². The summed E-state index contributed by atoms with van der Waals surface area (Å²) >= 11 is 6.09. The number of carbonyl (C=O) groups excluding carboxylic acids is 1. The van der Waals surface area contributed by atoms with Crippen molar-refractivity contribution >= 4 is 34.2 Å². The smallest absolute Gasteiger partial charge is 0.224 e. The minimum atomic E-state index is -0.0101. The predicted octanol–water partition coefficient (Wildman–Crippen LogP) is 2.40. The molecule has 122 valence electrons. The molecule has 2 aromatic rings. The molecule has 1 fully saturated rings. The Hall–Kier alpha value is -2.08. The predicted molar refractivity (Wildman–Crippen MR) is 90.2 cm³/mol. The van der Waals surface area contributed by atoms with Gasteiger partial charge in [-0.05, 0) is 42.6 Å². The fourth-order valence-corrected chi connectivity index (χ4v) is 3.18. The standard InChI is InChI=1S/C16H19ClN4O2/c1-10(22)18-11-4-3-7-21(9-11)15-13-8-12(23-2)5-6-14(13)19-16(17)20-15/h5-6,8,11H,3-4,7,9H2,1-2H3,(H,18,22)/t11-/m1/s1. The summed E-state index contributed by atoms with van der Waals surface area (Å²) < 4.78 is 5.30. The summed E-state index contributed by atoms with van der Waals surface area (Å²) in [7, 11) is 1.63. The fraction of sp³-hybridized carbons (Fsp3) is 0.438. The van der Waals surface area contributed by atoms with Crippen molar-refractivity contribution in [1.29, 1.82) is 0 Å². The molecule has 0 radical (unpaired) electrons. The molecule has 1 aliphatic heterocycles. The highest BCUT2D eigenvalue weighted by Gasteiger charge is 2.23. The van der Waals surface area contributed by atoms with E-state index in [4.69, 9.17) is 16.3 Å². The first-order valence-corrected chi connectivity index (χ1v) is 7.98. The van der Waals surface area contributed by atoms with Gasteiger partial charge in [-0.2, -0.15) is 4.98 Å². The van der Waals surface area contributed by atoms with Crippen LogP contribution in [0.4, 0.5) is 5.82 Å². The van der Waals surface area contributed by atoms with Gasteiger partial charge in [-0.3, -0.25) is 4.79 Å². The molecule has 1 aromatic heterocycles. The van der Waals surface area contributed by atoms with E-state index in [1.165, 1.54) is 0 Å². The quantitative estimate of drug-likeness (QED) is 0.873. The van der Waals surface area contributed by atoms with E-state index in [2.05, 4.69) is 20.2 Å². The molecule has 0 spiro atoms. The number of nitrogens with one attached hydrogen (secondary N) is 1. The largest absolute Gasteiger partial charge is 0.497 e. The highest BCUT2D eigenvalue weighted by Crippen LogP contribution is 2.30. The average Bonchev–Trinajstić information content (AvgIpc) is 2.53. The second-order valence-electron chi connectivity index (χ2n) is 5.69. The number of nitrogens with zero attached hydrogens (tertiary/aromatic N) is 3. The van der Waals surface area contributed by atoms with Crippen LogP contribution in [0.1, 0.15) is 19.8 Å². The van der Waals surface area contributed by atoms with Gasteiger partial charge in [0.2, 0.25) is 11.2 Å². The Morgan fingerprint density at radius 2 is 2.26 bits per heavy atom. The number of ether oxygens (including phenoxy) is 1. The first-order valence-electron chi connectivity index (χ1n) is 7.60. The number of fused-ring (bicyclic) bond motifs is 1. The highest BCUT2D eigenvalue weighted by atomic mass is 35.5. The third kappa shape index (κ3) is 3.47. The molecule has 1 atom stereocenters. The number of hydrogen-bond acceptors (Lipinski definition) is 5.